The molecule has 76 valence electrons. The summed E-state index contributed by atoms with van der Waals surface area (Å²) < 4.78 is 0. The molecule has 0 aromatic heterocycles. The molecule has 0 unspecified atom stereocenters. The van der Waals surface area contributed by atoms with E-state index in [-0.39, 0.29) is 6.61 Å². The summed E-state index contributed by atoms with van der Waals surface area (Å²) in [5.41, 5.74) is 2.17. The van der Waals surface area contributed by atoms with E-state index in [2.05, 4.69) is 13.0 Å². The molecule has 0 aliphatic carbocycles. The lowest BCUT2D eigenvalue weighted by Crippen LogP contribution is -1.90. The third-order valence-electron chi connectivity index (χ3n) is 2.26. The summed E-state index contributed by atoms with van der Waals surface area (Å²) in [6.45, 7) is 2.31. The van der Waals surface area contributed by atoms with Gasteiger partial charge in [0.15, 0.2) is 0 Å². The molecule has 1 N–H and O–H groups in total. The molecule has 0 amide bonds. The van der Waals surface area contributed by atoms with Crippen molar-refractivity contribution in [2.24, 2.45) is 0 Å². The molecule has 14 heavy (non-hydrogen) atoms. The maximum atomic E-state index is 9.21. The molecule has 0 spiro atoms. The Morgan fingerprint density at radius 1 is 1.29 bits per heavy atom. The quantitative estimate of drug-likeness (QED) is 0.707. The highest BCUT2D eigenvalue weighted by Gasteiger charge is 1.97. The van der Waals surface area contributed by atoms with Crippen molar-refractivity contribution in [1.82, 2.24) is 0 Å². The molecule has 1 rings (SSSR count). The smallest absolute Gasteiger partial charge is 0.0684 e. The number of aliphatic hydroxyl groups is 1. The molecule has 0 saturated carbocycles. The van der Waals surface area contributed by atoms with E-state index in [1.807, 2.05) is 30.3 Å². The molecule has 1 nitrogen and oxygen atoms in total. The van der Waals surface area contributed by atoms with Crippen LogP contribution in [0.25, 0.3) is 5.57 Å². The van der Waals surface area contributed by atoms with E-state index in [1.54, 1.807) is 0 Å². The average Bonchev–Trinajstić information content (AvgIpc) is 2.26. The van der Waals surface area contributed by atoms with Crippen molar-refractivity contribution in [3.63, 3.8) is 0 Å². The van der Waals surface area contributed by atoms with Crippen molar-refractivity contribution < 1.29 is 5.11 Å². The van der Waals surface area contributed by atoms with E-state index < -0.39 is 0 Å². The van der Waals surface area contributed by atoms with Crippen LogP contribution in [0.15, 0.2) is 36.4 Å². The van der Waals surface area contributed by atoms with Crippen LogP contribution in [-0.2, 0) is 0 Å². The summed E-state index contributed by atoms with van der Waals surface area (Å²) in [7, 11) is 0. The van der Waals surface area contributed by atoms with Gasteiger partial charge in [-0.3, -0.25) is 0 Å². The minimum atomic E-state index is 0.133. The third-order valence-corrected chi connectivity index (χ3v) is 2.26. The van der Waals surface area contributed by atoms with Gasteiger partial charge < -0.3 is 5.11 Å². The van der Waals surface area contributed by atoms with Gasteiger partial charge in [-0.25, -0.2) is 0 Å². The Bertz CT molecular complexity index is 275. The second-order valence-electron chi connectivity index (χ2n) is 3.40. The molecule has 0 radical (unpaired) electrons. The lowest BCUT2D eigenvalue weighted by Gasteiger charge is -2.03. The van der Waals surface area contributed by atoms with Crippen LogP contribution in [0.1, 0.15) is 31.7 Å². The molecular formula is C13H18O. The van der Waals surface area contributed by atoms with E-state index in [1.165, 1.54) is 12.8 Å². The Kier molecular flexibility index (Phi) is 5.02. The average molecular weight is 190 g/mol. The third kappa shape index (κ3) is 3.35. The number of hydrogen-bond acceptors (Lipinski definition) is 1. The first kappa shape index (κ1) is 11.0. The topological polar surface area (TPSA) is 20.2 Å². The highest BCUT2D eigenvalue weighted by Crippen LogP contribution is 2.14. The normalized spacial score (nSPS) is 11.7. The number of rotatable bonds is 5. The molecule has 0 aliphatic heterocycles. The van der Waals surface area contributed by atoms with Crippen LogP contribution in [0.2, 0.25) is 0 Å². The minimum absolute atomic E-state index is 0.133. The SMILES string of the molecule is CCCC/C=C(/CO)c1ccccc1. The molecule has 0 fully saturated rings. The van der Waals surface area contributed by atoms with E-state index in [9.17, 15) is 5.11 Å². The summed E-state index contributed by atoms with van der Waals surface area (Å²) in [4.78, 5) is 0. The molecule has 1 aromatic carbocycles. The van der Waals surface area contributed by atoms with Crippen LogP contribution in [0.4, 0.5) is 0 Å². The van der Waals surface area contributed by atoms with Crippen molar-refractivity contribution >= 4 is 5.57 Å². The minimum Gasteiger partial charge on any atom is -0.392 e. The largest absolute Gasteiger partial charge is 0.392 e. The summed E-state index contributed by atoms with van der Waals surface area (Å²) in [5, 5.41) is 9.21. The second kappa shape index (κ2) is 6.39. The Balaban J connectivity index is 2.67. The standard InChI is InChI=1S/C13H18O/c1-2-3-5-10-13(11-14)12-8-6-4-7-9-12/h4,6-10,14H,2-3,5,11H2,1H3/b13-10-. The number of unbranched alkanes of at least 4 members (excludes halogenated alkanes) is 2. The molecule has 0 saturated heterocycles. The predicted molar refractivity (Wildman–Crippen MR) is 61.0 cm³/mol. The van der Waals surface area contributed by atoms with Crippen LogP contribution >= 0.6 is 0 Å². The van der Waals surface area contributed by atoms with Gasteiger partial charge in [0.1, 0.15) is 0 Å². The Morgan fingerprint density at radius 2 is 2.00 bits per heavy atom. The number of aliphatic hydroxyl groups excluding tert-OH is 1. The van der Waals surface area contributed by atoms with Gasteiger partial charge in [0, 0.05) is 0 Å². The van der Waals surface area contributed by atoms with E-state index in [0.717, 1.165) is 17.6 Å². The van der Waals surface area contributed by atoms with Gasteiger partial charge in [0.25, 0.3) is 0 Å². The molecule has 0 bridgehead atoms. The number of allylic oxidation sites excluding steroid dienone is 1. The molecule has 1 aromatic rings. The van der Waals surface area contributed by atoms with Gasteiger partial charge in [-0.2, -0.15) is 0 Å². The second-order valence-corrected chi connectivity index (χ2v) is 3.40. The molecular weight excluding hydrogens is 172 g/mol. The van der Waals surface area contributed by atoms with Crippen LogP contribution in [0.3, 0.4) is 0 Å². The first-order valence-corrected chi connectivity index (χ1v) is 5.23. The van der Waals surface area contributed by atoms with Gasteiger partial charge >= 0.3 is 0 Å². The molecule has 0 atom stereocenters. The lowest BCUT2D eigenvalue weighted by atomic mass is 10.0. The van der Waals surface area contributed by atoms with Crippen LogP contribution in [0.5, 0.6) is 0 Å². The number of hydrogen-bond donors (Lipinski definition) is 1. The highest BCUT2D eigenvalue weighted by atomic mass is 16.3. The first-order valence-electron chi connectivity index (χ1n) is 5.23. The van der Waals surface area contributed by atoms with E-state index in [4.69, 9.17) is 0 Å². The maximum absolute atomic E-state index is 9.21. The molecule has 1 heteroatoms. The molecule has 0 heterocycles. The highest BCUT2D eigenvalue weighted by molar-refractivity contribution is 5.65. The fraction of sp³-hybridized carbons (Fsp3) is 0.385. The number of benzene rings is 1. The summed E-state index contributed by atoms with van der Waals surface area (Å²) in [5.74, 6) is 0. The Morgan fingerprint density at radius 3 is 2.57 bits per heavy atom. The van der Waals surface area contributed by atoms with Gasteiger partial charge in [0.2, 0.25) is 0 Å². The fourth-order valence-electron chi connectivity index (χ4n) is 1.41. The maximum Gasteiger partial charge on any atom is 0.0684 e. The zero-order valence-electron chi connectivity index (χ0n) is 8.74. The summed E-state index contributed by atoms with van der Waals surface area (Å²) in [6.07, 6.45) is 5.58. The zero-order chi connectivity index (χ0) is 10.2. The van der Waals surface area contributed by atoms with Crippen LogP contribution in [0, 0.1) is 0 Å². The fourth-order valence-corrected chi connectivity index (χ4v) is 1.41. The van der Waals surface area contributed by atoms with Gasteiger partial charge in [-0.1, -0.05) is 56.2 Å². The zero-order valence-corrected chi connectivity index (χ0v) is 8.74. The van der Waals surface area contributed by atoms with Crippen molar-refractivity contribution in [2.45, 2.75) is 26.2 Å². The lowest BCUT2D eigenvalue weighted by molar-refractivity contribution is 0.350. The van der Waals surface area contributed by atoms with Crippen LogP contribution < -0.4 is 0 Å². The van der Waals surface area contributed by atoms with Gasteiger partial charge in [-0.05, 0) is 17.6 Å². The first-order chi connectivity index (χ1) is 6.88. The Hall–Kier alpha value is -1.08. The van der Waals surface area contributed by atoms with Crippen molar-refractivity contribution in [3.05, 3.63) is 42.0 Å². The Labute approximate surface area is 86.1 Å². The van der Waals surface area contributed by atoms with Crippen molar-refractivity contribution in [1.29, 1.82) is 0 Å². The monoisotopic (exact) mass is 190 g/mol. The summed E-state index contributed by atoms with van der Waals surface area (Å²) >= 11 is 0. The van der Waals surface area contributed by atoms with Crippen molar-refractivity contribution in [2.75, 3.05) is 6.61 Å². The van der Waals surface area contributed by atoms with E-state index in [0.29, 0.717) is 0 Å². The van der Waals surface area contributed by atoms with Crippen LogP contribution in [-0.4, -0.2) is 11.7 Å². The summed E-state index contributed by atoms with van der Waals surface area (Å²) in [6, 6.07) is 10.1. The van der Waals surface area contributed by atoms with E-state index >= 15 is 0 Å². The van der Waals surface area contributed by atoms with Gasteiger partial charge in [-0.15, -0.1) is 0 Å². The predicted octanol–water partition coefficient (Wildman–Crippen LogP) is 3.25. The van der Waals surface area contributed by atoms with Gasteiger partial charge in [0.05, 0.1) is 6.61 Å². The molecule has 0 aliphatic rings. The van der Waals surface area contributed by atoms with Crippen molar-refractivity contribution in [3.8, 4) is 0 Å².